The summed E-state index contributed by atoms with van der Waals surface area (Å²) in [6, 6.07) is 72.8. The lowest BCUT2D eigenvalue weighted by atomic mass is 9.91. The third-order valence-electron chi connectivity index (χ3n) is 11.9. The molecule has 4 heterocycles. The third kappa shape index (κ3) is 6.65. The predicted molar refractivity (Wildman–Crippen MR) is 261 cm³/mol. The number of fused-ring (bicyclic) bond motifs is 6. The van der Waals surface area contributed by atoms with Crippen LogP contribution in [0.1, 0.15) is 11.4 Å². The summed E-state index contributed by atoms with van der Waals surface area (Å²) in [6.45, 7) is 0. The molecule has 0 unspecified atom stereocenters. The fourth-order valence-corrected chi connectivity index (χ4v) is 10.1. The summed E-state index contributed by atoms with van der Waals surface area (Å²) in [6.07, 6.45) is 2.45. The van der Waals surface area contributed by atoms with E-state index < -0.39 is 0 Å². The molecule has 0 aliphatic rings. The molecule has 63 heavy (non-hydrogen) atoms. The van der Waals surface area contributed by atoms with Gasteiger partial charge < -0.3 is 0 Å². The van der Waals surface area contributed by atoms with Crippen molar-refractivity contribution >= 4 is 53.3 Å². The van der Waals surface area contributed by atoms with Gasteiger partial charge in [0.05, 0.1) is 11.0 Å². The van der Waals surface area contributed by atoms with Crippen molar-refractivity contribution in [1.82, 2.24) is 24.5 Å². The fraction of sp³-hybridized carbons (Fsp3) is 0.0175. The summed E-state index contributed by atoms with van der Waals surface area (Å²) in [5, 5.41) is 4.89. The monoisotopic (exact) mass is 823 g/mol. The van der Waals surface area contributed by atoms with Gasteiger partial charge in [0.15, 0.2) is 11.6 Å². The lowest BCUT2D eigenvalue weighted by Crippen LogP contribution is -2.08. The van der Waals surface area contributed by atoms with Crippen LogP contribution in [0.5, 0.6) is 0 Å². The van der Waals surface area contributed by atoms with Crippen LogP contribution in [0.25, 0.3) is 104 Å². The van der Waals surface area contributed by atoms with Crippen LogP contribution >= 0.6 is 11.3 Å². The Morgan fingerprint density at radius 3 is 1.65 bits per heavy atom. The zero-order chi connectivity index (χ0) is 41.7. The van der Waals surface area contributed by atoms with Gasteiger partial charge in [-0.25, -0.2) is 19.9 Å². The molecule has 0 aliphatic heterocycles. The molecule has 8 aromatic carbocycles. The summed E-state index contributed by atoms with van der Waals surface area (Å²) in [5.74, 6) is 2.78. The van der Waals surface area contributed by atoms with Gasteiger partial charge in [-0.3, -0.25) is 4.57 Å². The smallest absolute Gasteiger partial charge is 0.163 e. The van der Waals surface area contributed by atoms with E-state index in [9.17, 15) is 0 Å². The second kappa shape index (κ2) is 15.4. The minimum absolute atomic E-state index is 0.420. The standard InChI is InChI=1S/C57H37N5S/c1-5-17-37(18-6-1)44-30-29-41(32-47(44)38-19-7-2-8-20-38)43-31-42(33-54-59-55(39-21-9-3-10-22-39)61-56(60-54)40-23-11-4-12-24-40)57(58-36-43)62-50-27-15-13-25-45(50)48-35-53-49(34-51(48)62)46-26-14-16-28-52(46)63-53/h1-32,34-36H,33H2. The predicted octanol–water partition coefficient (Wildman–Crippen LogP) is 14.7. The second-order valence-electron chi connectivity index (χ2n) is 15.8. The van der Waals surface area contributed by atoms with Crippen LogP contribution in [0.15, 0.2) is 212 Å². The minimum Gasteiger partial charge on any atom is -0.294 e. The zero-order valence-electron chi connectivity index (χ0n) is 34.1. The SMILES string of the molecule is c1ccc(-c2nc(Cc3cc(-c4ccc(-c5ccccc5)c(-c5ccccc5)c4)cnc3-n3c4ccccc4c4cc5sc6ccccc6c5cc43)nc(-c3ccccc3)n2)cc1. The number of para-hydroxylation sites is 1. The highest BCUT2D eigenvalue weighted by Gasteiger charge is 2.21. The van der Waals surface area contributed by atoms with Crippen molar-refractivity contribution in [2.75, 3.05) is 0 Å². The highest BCUT2D eigenvalue weighted by atomic mass is 32.1. The first-order valence-electron chi connectivity index (χ1n) is 21.2. The Kier molecular flexibility index (Phi) is 9.01. The fourth-order valence-electron chi connectivity index (χ4n) is 8.96. The van der Waals surface area contributed by atoms with Crippen molar-refractivity contribution in [3.05, 3.63) is 224 Å². The molecule has 0 radical (unpaired) electrons. The Labute approximate surface area is 368 Å². The first kappa shape index (κ1) is 36.8. The van der Waals surface area contributed by atoms with Gasteiger partial charge in [0.2, 0.25) is 0 Å². The molecular weight excluding hydrogens is 787 g/mol. The van der Waals surface area contributed by atoms with Crippen molar-refractivity contribution in [2.45, 2.75) is 6.42 Å². The number of pyridine rings is 1. The van der Waals surface area contributed by atoms with E-state index in [4.69, 9.17) is 19.9 Å². The molecular formula is C57H37N5S. The highest BCUT2D eigenvalue weighted by molar-refractivity contribution is 7.25. The second-order valence-corrected chi connectivity index (χ2v) is 16.9. The van der Waals surface area contributed by atoms with E-state index >= 15 is 0 Å². The number of benzene rings is 8. The topological polar surface area (TPSA) is 56.5 Å². The third-order valence-corrected chi connectivity index (χ3v) is 13.1. The van der Waals surface area contributed by atoms with Gasteiger partial charge in [0, 0.05) is 65.8 Å². The molecule has 5 nitrogen and oxygen atoms in total. The number of aromatic nitrogens is 5. The average molecular weight is 824 g/mol. The van der Waals surface area contributed by atoms with Crippen molar-refractivity contribution < 1.29 is 0 Å². The van der Waals surface area contributed by atoms with E-state index in [1.165, 1.54) is 42.1 Å². The largest absolute Gasteiger partial charge is 0.294 e. The lowest BCUT2D eigenvalue weighted by Gasteiger charge is -2.16. The van der Waals surface area contributed by atoms with E-state index in [1.807, 2.05) is 53.9 Å². The highest BCUT2D eigenvalue weighted by Crippen LogP contribution is 2.42. The molecule has 0 fully saturated rings. The van der Waals surface area contributed by atoms with Crippen molar-refractivity contribution in [2.24, 2.45) is 0 Å². The van der Waals surface area contributed by atoms with Crippen molar-refractivity contribution in [1.29, 1.82) is 0 Å². The van der Waals surface area contributed by atoms with E-state index in [-0.39, 0.29) is 0 Å². The lowest BCUT2D eigenvalue weighted by molar-refractivity contribution is 0.914. The molecule has 0 aliphatic carbocycles. The zero-order valence-corrected chi connectivity index (χ0v) is 34.9. The van der Waals surface area contributed by atoms with Gasteiger partial charge >= 0.3 is 0 Å². The first-order chi connectivity index (χ1) is 31.2. The van der Waals surface area contributed by atoms with E-state index in [0.717, 1.165) is 55.8 Å². The minimum atomic E-state index is 0.420. The van der Waals surface area contributed by atoms with Crippen LogP contribution in [0.2, 0.25) is 0 Å². The Balaban J connectivity index is 1.10. The van der Waals surface area contributed by atoms with Crippen LogP contribution in [0, 0.1) is 0 Å². The van der Waals surface area contributed by atoms with Gasteiger partial charge in [0.1, 0.15) is 11.6 Å². The van der Waals surface area contributed by atoms with E-state index in [1.54, 1.807) is 0 Å². The maximum absolute atomic E-state index is 5.46. The maximum atomic E-state index is 5.46. The molecule has 0 saturated heterocycles. The number of thiophene rings is 1. The van der Waals surface area contributed by atoms with Crippen molar-refractivity contribution in [3.63, 3.8) is 0 Å². The Hall–Kier alpha value is -8.06. The Bertz CT molecular complexity index is 3580. The van der Waals surface area contributed by atoms with Gasteiger partial charge in [0.25, 0.3) is 0 Å². The molecule has 12 rings (SSSR count). The van der Waals surface area contributed by atoms with Crippen LogP contribution in [-0.2, 0) is 6.42 Å². The molecule has 4 aromatic heterocycles. The molecule has 12 aromatic rings. The van der Waals surface area contributed by atoms with Crippen LogP contribution < -0.4 is 0 Å². The molecule has 0 amide bonds. The number of hydrogen-bond acceptors (Lipinski definition) is 5. The van der Waals surface area contributed by atoms with Crippen LogP contribution in [0.4, 0.5) is 0 Å². The summed E-state index contributed by atoms with van der Waals surface area (Å²) in [5.41, 5.74) is 11.9. The number of rotatable bonds is 8. The van der Waals surface area contributed by atoms with Gasteiger partial charge in [-0.1, -0.05) is 170 Å². The molecule has 0 bridgehead atoms. The van der Waals surface area contributed by atoms with Gasteiger partial charge in [-0.15, -0.1) is 11.3 Å². The normalized spacial score (nSPS) is 11.6. The van der Waals surface area contributed by atoms with Gasteiger partial charge in [-0.05, 0) is 64.2 Å². The van der Waals surface area contributed by atoms with Gasteiger partial charge in [-0.2, -0.15) is 0 Å². The van der Waals surface area contributed by atoms with E-state index in [0.29, 0.717) is 23.9 Å². The molecule has 0 saturated carbocycles. The summed E-state index contributed by atoms with van der Waals surface area (Å²) in [4.78, 5) is 20.8. The summed E-state index contributed by atoms with van der Waals surface area (Å²) >= 11 is 1.85. The van der Waals surface area contributed by atoms with E-state index in [2.05, 4.69) is 174 Å². The molecule has 0 spiro atoms. The summed E-state index contributed by atoms with van der Waals surface area (Å²) < 4.78 is 4.90. The van der Waals surface area contributed by atoms with Crippen LogP contribution in [-0.4, -0.2) is 24.5 Å². The van der Waals surface area contributed by atoms with Crippen molar-refractivity contribution in [3.8, 4) is 62.0 Å². The molecule has 0 N–H and O–H groups in total. The molecule has 296 valence electrons. The quantitative estimate of drug-likeness (QED) is 0.153. The molecule has 0 atom stereocenters. The molecule has 6 heteroatoms. The maximum Gasteiger partial charge on any atom is 0.163 e. The Morgan fingerprint density at radius 2 is 0.968 bits per heavy atom. The first-order valence-corrected chi connectivity index (χ1v) is 22.0. The average Bonchev–Trinajstić information content (AvgIpc) is 3.88. The van der Waals surface area contributed by atoms with Crippen LogP contribution in [0.3, 0.4) is 0 Å². The summed E-state index contributed by atoms with van der Waals surface area (Å²) in [7, 11) is 0. The number of nitrogens with zero attached hydrogens (tertiary/aromatic N) is 5. The Morgan fingerprint density at radius 1 is 0.381 bits per heavy atom. The number of hydrogen-bond donors (Lipinski definition) is 0.